The molecule has 2 aromatic rings. The van der Waals surface area contributed by atoms with E-state index >= 15 is 0 Å². The number of ether oxygens (including phenoxy) is 2. The zero-order valence-electron chi connectivity index (χ0n) is 16.0. The summed E-state index contributed by atoms with van der Waals surface area (Å²) >= 11 is 0. The SMILES string of the molecule is c1ccc(N2CCN(c3ccnc(N4CCC5(CC4)OCCO5)n3)CC2)nc1. The first kappa shape index (κ1) is 17.6. The topological polar surface area (TPSA) is 66.8 Å². The van der Waals surface area contributed by atoms with Gasteiger partial charge in [-0.15, -0.1) is 0 Å². The minimum absolute atomic E-state index is 0.365. The number of hydrogen-bond donors (Lipinski definition) is 0. The van der Waals surface area contributed by atoms with E-state index in [1.807, 2.05) is 30.6 Å². The summed E-state index contributed by atoms with van der Waals surface area (Å²) in [6, 6.07) is 8.07. The largest absolute Gasteiger partial charge is 0.353 e. The molecule has 0 unspecified atom stereocenters. The number of piperazine rings is 1. The molecule has 3 aliphatic heterocycles. The van der Waals surface area contributed by atoms with Gasteiger partial charge in [-0.1, -0.05) is 6.07 Å². The van der Waals surface area contributed by atoms with E-state index in [0.717, 1.165) is 69.7 Å². The van der Waals surface area contributed by atoms with Crippen molar-refractivity contribution in [3.63, 3.8) is 0 Å². The first-order chi connectivity index (χ1) is 13.8. The van der Waals surface area contributed by atoms with Crippen LogP contribution in [0, 0.1) is 0 Å². The molecule has 1 spiro atoms. The molecule has 0 atom stereocenters. The third-order valence-corrected chi connectivity index (χ3v) is 5.83. The lowest BCUT2D eigenvalue weighted by atomic mass is 10.0. The second-order valence-electron chi connectivity index (χ2n) is 7.47. The van der Waals surface area contributed by atoms with Gasteiger partial charge in [0.05, 0.1) is 13.2 Å². The number of piperidine rings is 1. The Kier molecular flexibility index (Phi) is 4.74. The van der Waals surface area contributed by atoms with Crippen LogP contribution < -0.4 is 14.7 Å². The number of pyridine rings is 1. The third kappa shape index (κ3) is 3.49. The molecule has 8 nitrogen and oxygen atoms in total. The lowest BCUT2D eigenvalue weighted by molar-refractivity contribution is -0.169. The number of aromatic nitrogens is 3. The molecule has 0 aromatic carbocycles. The van der Waals surface area contributed by atoms with Gasteiger partial charge in [-0.2, -0.15) is 4.98 Å². The molecule has 5 heterocycles. The molecule has 3 saturated heterocycles. The maximum Gasteiger partial charge on any atom is 0.227 e. The predicted molar refractivity (Wildman–Crippen MR) is 107 cm³/mol. The molecule has 0 N–H and O–H groups in total. The van der Waals surface area contributed by atoms with Crippen LogP contribution in [0.15, 0.2) is 36.7 Å². The van der Waals surface area contributed by atoms with Crippen LogP contribution >= 0.6 is 0 Å². The Balaban J connectivity index is 1.22. The van der Waals surface area contributed by atoms with E-state index in [1.165, 1.54) is 0 Å². The Bertz CT molecular complexity index is 780. The van der Waals surface area contributed by atoms with Gasteiger partial charge in [0.15, 0.2) is 5.79 Å². The highest BCUT2D eigenvalue weighted by atomic mass is 16.7. The predicted octanol–water partition coefficient (Wildman–Crippen LogP) is 1.54. The van der Waals surface area contributed by atoms with Gasteiger partial charge >= 0.3 is 0 Å². The van der Waals surface area contributed by atoms with Crippen molar-refractivity contribution in [2.75, 3.05) is 67.2 Å². The van der Waals surface area contributed by atoms with Crippen LogP contribution in [0.2, 0.25) is 0 Å². The Morgan fingerprint density at radius 2 is 1.43 bits per heavy atom. The van der Waals surface area contributed by atoms with Crippen LogP contribution in [0.4, 0.5) is 17.6 Å². The van der Waals surface area contributed by atoms with Crippen molar-refractivity contribution < 1.29 is 9.47 Å². The van der Waals surface area contributed by atoms with E-state index in [-0.39, 0.29) is 5.79 Å². The van der Waals surface area contributed by atoms with E-state index in [9.17, 15) is 0 Å². The summed E-state index contributed by atoms with van der Waals surface area (Å²) in [4.78, 5) is 20.7. The summed E-state index contributed by atoms with van der Waals surface area (Å²) in [6.45, 7) is 6.87. The second kappa shape index (κ2) is 7.52. The fraction of sp³-hybridized carbons (Fsp3) is 0.550. The molecule has 148 valence electrons. The molecule has 3 aliphatic rings. The fourth-order valence-corrected chi connectivity index (χ4v) is 4.21. The summed E-state index contributed by atoms with van der Waals surface area (Å²) in [5.41, 5.74) is 0. The van der Waals surface area contributed by atoms with E-state index in [1.54, 1.807) is 0 Å². The smallest absolute Gasteiger partial charge is 0.227 e. The van der Waals surface area contributed by atoms with Gasteiger partial charge in [-0.25, -0.2) is 9.97 Å². The second-order valence-corrected chi connectivity index (χ2v) is 7.47. The van der Waals surface area contributed by atoms with Gasteiger partial charge in [0.2, 0.25) is 5.95 Å². The summed E-state index contributed by atoms with van der Waals surface area (Å²) < 4.78 is 11.6. The maximum absolute atomic E-state index is 5.82. The fourth-order valence-electron chi connectivity index (χ4n) is 4.21. The molecule has 0 amide bonds. The van der Waals surface area contributed by atoms with Gasteiger partial charge in [0, 0.05) is 64.5 Å². The van der Waals surface area contributed by atoms with Crippen LogP contribution in [0.5, 0.6) is 0 Å². The standard InChI is InChI=1S/C20H26N6O2/c1-2-7-21-17(3-1)24-11-13-25(14-12-24)18-4-8-22-19(23-18)26-9-5-20(6-10-26)27-15-16-28-20/h1-4,7-8H,5-6,9-16H2. The van der Waals surface area contributed by atoms with Gasteiger partial charge < -0.3 is 24.2 Å². The van der Waals surface area contributed by atoms with Crippen molar-refractivity contribution in [2.45, 2.75) is 18.6 Å². The van der Waals surface area contributed by atoms with E-state index < -0.39 is 0 Å². The van der Waals surface area contributed by atoms with E-state index in [4.69, 9.17) is 14.5 Å². The molecule has 0 aliphatic carbocycles. The summed E-state index contributed by atoms with van der Waals surface area (Å²) in [6.07, 6.45) is 5.45. The third-order valence-electron chi connectivity index (χ3n) is 5.83. The van der Waals surface area contributed by atoms with E-state index in [0.29, 0.717) is 13.2 Å². The minimum Gasteiger partial charge on any atom is -0.353 e. The average Bonchev–Trinajstić information content (AvgIpc) is 3.23. The quantitative estimate of drug-likeness (QED) is 0.792. The van der Waals surface area contributed by atoms with Gasteiger partial charge in [0.25, 0.3) is 0 Å². The van der Waals surface area contributed by atoms with Crippen LogP contribution in [-0.2, 0) is 9.47 Å². The molecule has 8 heteroatoms. The first-order valence-corrected chi connectivity index (χ1v) is 10.1. The molecule has 2 aromatic heterocycles. The maximum atomic E-state index is 5.82. The van der Waals surface area contributed by atoms with Crippen molar-refractivity contribution >= 4 is 17.6 Å². The zero-order valence-corrected chi connectivity index (χ0v) is 16.0. The van der Waals surface area contributed by atoms with Gasteiger partial charge in [-0.3, -0.25) is 0 Å². The van der Waals surface area contributed by atoms with Crippen molar-refractivity contribution in [3.05, 3.63) is 36.7 Å². The first-order valence-electron chi connectivity index (χ1n) is 10.1. The zero-order chi connectivity index (χ0) is 18.8. The Hall–Kier alpha value is -2.45. The average molecular weight is 382 g/mol. The van der Waals surface area contributed by atoms with Crippen LogP contribution in [0.3, 0.4) is 0 Å². The van der Waals surface area contributed by atoms with E-state index in [2.05, 4.69) is 30.7 Å². The highest BCUT2D eigenvalue weighted by Crippen LogP contribution is 2.32. The Labute approximate surface area is 165 Å². The molecular formula is C20H26N6O2. The van der Waals surface area contributed by atoms with Gasteiger partial charge in [0.1, 0.15) is 11.6 Å². The number of hydrogen-bond acceptors (Lipinski definition) is 8. The van der Waals surface area contributed by atoms with Crippen LogP contribution in [0.1, 0.15) is 12.8 Å². The Morgan fingerprint density at radius 3 is 2.11 bits per heavy atom. The number of rotatable bonds is 3. The van der Waals surface area contributed by atoms with Crippen LogP contribution in [0.25, 0.3) is 0 Å². The summed E-state index contributed by atoms with van der Waals surface area (Å²) in [7, 11) is 0. The van der Waals surface area contributed by atoms with Crippen LogP contribution in [-0.4, -0.2) is 73.2 Å². The molecule has 28 heavy (non-hydrogen) atoms. The molecule has 0 bridgehead atoms. The highest BCUT2D eigenvalue weighted by Gasteiger charge is 2.40. The van der Waals surface area contributed by atoms with Crippen molar-refractivity contribution in [3.8, 4) is 0 Å². The minimum atomic E-state index is -0.365. The molecule has 3 fully saturated rings. The number of anilines is 3. The molecule has 0 saturated carbocycles. The highest BCUT2D eigenvalue weighted by molar-refractivity contribution is 5.47. The molecule has 5 rings (SSSR count). The van der Waals surface area contributed by atoms with Crippen molar-refractivity contribution in [1.82, 2.24) is 15.0 Å². The monoisotopic (exact) mass is 382 g/mol. The summed E-state index contributed by atoms with van der Waals surface area (Å²) in [5, 5.41) is 0. The normalized spacial score (nSPS) is 22.1. The summed E-state index contributed by atoms with van der Waals surface area (Å²) in [5.74, 6) is 2.48. The number of nitrogens with zero attached hydrogens (tertiary/aromatic N) is 6. The van der Waals surface area contributed by atoms with Crippen molar-refractivity contribution in [1.29, 1.82) is 0 Å². The van der Waals surface area contributed by atoms with Crippen molar-refractivity contribution in [2.24, 2.45) is 0 Å². The molecule has 0 radical (unpaired) electrons. The lowest BCUT2D eigenvalue weighted by Crippen LogP contribution is -2.47. The molecular weight excluding hydrogens is 356 g/mol. The lowest BCUT2D eigenvalue weighted by Gasteiger charge is -2.38. The Morgan fingerprint density at radius 1 is 0.714 bits per heavy atom. The van der Waals surface area contributed by atoms with Gasteiger partial charge in [-0.05, 0) is 18.2 Å².